The maximum atomic E-state index is 13.2. The molecule has 0 aliphatic rings. The Hall–Kier alpha value is -1.62. The van der Waals surface area contributed by atoms with Gasteiger partial charge in [0.2, 0.25) is 0 Å². The summed E-state index contributed by atoms with van der Waals surface area (Å²) < 4.78 is 18.2. The highest BCUT2D eigenvalue weighted by Crippen LogP contribution is 2.19. The van der Waals surface area contributed by atoms with E-state index in [1.54, 1.807) is 20.8 Å². The quantitative estimate of drug-likeness (QED) is 0.868. The molecule has 1 aromatic carbocycles. The Morgan fingerprint density at radius 2 is 2.05 bits per heavy atom. The van der Waals surface area contributed by atoms with Gasteiger partial charge in [-0.2, -0.15) is 0 Å². The molecule has 0 heterocycles. The van der Waals surface area contributed by atoms with Crippen molar-refractivity contribution in [3.8, 4) is 0 Å². The van der Waals surface area contributed by atoms with Gasteiger partial charge in [-0.1, -0.05) is 11.6 Å². The topological polar surface area (TPSA) is 55.4 Å². The fourth-order valence-electron chi connectivity index (χ4n) is 1.39. The first kappa shape index (κ1) is 15.4. The highest BCUT2D eigenvalue weighted by atomic mass is 35.5. The molecule has 0 aliphatic carbocycles. The Bertz CT molecular complexity index is 465. The van der Waals surface area contributed by atoms with Gasteiger partial charge in [0, 0.05) is 5.02 Å². The number of carbonyl (C=O) groups is 2. The molecule has 1 aromatic rings. The van der Waals surface area contributed by atoms with Crippen LogP contribution < -0.4 is 5.32 Å². The second-order valence-corrected chi connectivity index (χ2v) is 5.40. The minimum Gasteiger partial charge on any atom is -0.444 e. The Kier molecular flexibility index (Phi) is 4.89. The van der Waals surface area contributed by atoms with Crippen molar-refractivity contribution < 1.29 is 18.7 Å². The molecule has 1 rings (SSSR count). The lowest BCUT2D eigenvalue weighted by molar-refractivity contribution is -0.109. The van der Waals surface area contributed by atoms with Crippen molar-refractivity contribution in [2.24, 2.45) is 0 Å². The van der Waals surface area contributed by atoms with Crippen LogP contribution in [-0.2, 0) is 9.53 Å². The van der Waals surface area contributed by atoms with Crippen molar-refractivity contribution in [1.29, 1.82) is 0 Å². The molecule has 0 aromatic heterocycles. The maximum Gasteiger partial charge on any atom is 0.408 e. The number of aldehydes is 1. The first-order valence-electron chi connectivity index (χ1n) is 5.62. The zero-order valence-corrected chi connectivity index (χ0v) is 11.6. The summed E-state index contributed by atoms with van der Waals surface area (Å²) in [5.41, 5.74) is -0.428. The van der Waals surface area contributed by atoms with E-state index in [4.69, 9.17) is 16.3 Å². The van der Waals surface area contributed by atoms with Crippen LogP contribution in [0.15, 0.2) is 18.2 Å². The monoisotopic (exact) mass is 287 g/mol. The molecule has 0 saturated heterocycles. The average molecular weight is 288 g/mol. The third kappa shape index (κ3) is 5.26. The molecular weight excluding hydrogens is 273 g/mol. The van der Waals surface area contributed by atoms with Gasteiger partial charge in [0.05, 0.1) is 0 Å². The predicted molar refractivity (Wildman–Crippen MR) is 69.6 cm³/mol. The van der Waals surface area contributed by atoms with E-state index >= 15 is 0 Å². The second kappa shape index (κ2) is 6.02. The summed E-state index contributed by atoms with van der Waals surface area (Å²) in [6.45, 7) is 5.09. The fourth-order valence-corrected chi connectivity index (χ4v) is 1.62. The van der Waals surface area contributed by atoms with Crippen molar-refractivity contribution in [1.82, 2.24) is 5.32 Å². The Balaban J connectivity index is 2.84. The van der Waals surface area contributed by atoms with E-state index in [0.717, 1.165) is 12.1 Å². The number of hydrogen-bond donors (Lipinski definition) is 1. The third-order valence-electron chi connectivity index (χ3n) is 2.05. The first-order valence-corrected chi connectivity index (χ1v) is 6.00. The third-order valence-corrected chi connectivity index (χ3v) is 2.27. The molecule has 1 atom stereocenters. The number of carbonyl (C=O) groups excluding carboxylic acids is 2. The normalized spacial score (nSPS) is 12.7. The summed E-state index contributed by atoms with van der Waals surface area (Å²) >= 11 is 5.69. The van der Waals surface area contributed by atoms with Crippen molar-refractivity contribution >= 4 is 24.0 Å². The van der Waals surface area contributed by atoms with Crippen molar-refractivity contribution in [3.05, 3.63) is 34.6 Å². The number of benzene rings is 1. The summed E-state index contributed by atoms with van der Waals surface area (Å²) in [6.07, 6.45) is -0.278. The first-order chi connectivity index (χ1) is 8.71. The molecule has 0 radical (unpaired) electrons. The van der Waals surface area contributed by atoms with Gasteiger partial charge >= 0.3 is 6.09 Å². The summed E-state index contributed by atoms with van der Waals surface area (Å²) in [5.74, 6) is -0.583. The molecule has 0 saturated carbocycles. The van der Waals surface area contributed by atoms with Crippen LogP contribution in [0.2, 0.25) is 5.02 Å². The lowest BCUT2D eigenvalue weighted by Gasteiger charge is -2.21. The number of amides is 1. The molecule has 1 amide bonds. The molecule has 4 nitrogen and oxygen atoms in total. The maximum absolute atomic E-state index is 13.2. The number of rotatable bonds is 3. The number of alkyl carbamates (subject to hydrolysis) is 1. The molecule has 0 aliphatic heterocycles. The largest absolute Gasteiger partial charge is 0.444 e. The Labute approximate surface area is 115 Å². The SMILES string of the molecule is CC(C)(C)OC(=O)NC(C=O)c1cc(F)cc(Cl)c1. The molecule has 1 unspecified atom stereocenters. The lowest BCUT2D eigenvalue weighted by atomic mass is 10.1. The van der Waals surface area contributed by atoms with Crippen LogP contribution in [0.3, 0.4) is 0 Å². The van der Waals surface area contributed by atoms with Gasteiger partial charge in [-0.15, -0.1) is 0 Å². The van der Waals surface area contributed by atoms with Gasteiger partial charge in [-0.25, -0.2) is 9.18 Å². The average Bonchev–Trinajstić information content (AvgIpc) is 2.21. The van der Waals surface area contributed by atoms with Crippen LogP contribution in [0.1, 0.15) is 32.4 Å². The molecule has 19 heavy (non-hydrogen) atoms. The molecule has 1 N–H and O–H groups in total. The predicted octanol–water partition coefficient (Wildman–Crippen LogP) is 3.24. The smallest absolute Gasteiger partial charge is 0.408 e. The van der Waals surface area contributed by atoms with E-state index in [2.05, 4.69) is 5.32 Å². The minimum absolute atomic E-state index is 0.146. The van der Waals surface area contributed by atoms with E-state index in [9.17, 15) is 14.0 Å². The Morgan fingerprint density at radius 3 is 2.53 bits per heavy atom. The van der Waals surface area contributed by atoms with Crippen LogP contribution in [0.5, 0.6) is 0 Å². The van der Waals surface area contributed by atoms with Gasteiger partial charge in [0.25, 0.3) is 0 Å². The number of halogens is 2. The number of nitrogens with one attached hydrogen (secondary N) is 1. The standard InChI is InChI=1S/C13H15ClFNO3/c1-13(2,3)19-12(18)16-11(7-17)8-4-9(14)6-10(15)5-8/h4-7,11H,1-3H3,(H,16,18). The summed E-state index contributed by atoms with van der Waals surface area (Å²) in [4.78, 5) is 22.5. The van der Waals surface area contributed by atoms with Crippen LogP contribution in [0, 0.1) is 5.82 Å². The van der Waals surface area contributed by atoms with Gasteiger partial charge in [0.1, 0.15) is 23.7 Å². The molecule has 6 heteroatoms. The molecule has 0 bridgehead atoms. The van der Waals surface area contributed by atoms with Gasteiger partial charge in [-0.3, -0.25) is 0 Å². The van der Waals surface area contributed by atoms with E-state index in [1.165, 1.54) is 6.07 Å². The highest BCUT2D eigenvalue weighted by molar-refractivity contribution is 6.30. The number of hydrogen-bond acceptors (Lipinski definition) is 3. The fraction of sp³-hybridized carbons (Fsp3) is 0.385. The molecular formula is C13H15ClFNO3. The van der Waals surface area contributed by atoms with E-state index in [1.807, 2.05) is 0 Å². The van der Waals surface area contributed by atoms with Crippen LogP contribution in [0.4, 0.5) is 9.18 Å². The van der Waals surface area contributed by atoms with E-state index in [-0.39, 0.29) is 10.6 Å². The van der Waals surface area contributed by atoms with Gasteiger partial charge < -0.3 is 14.8 Å². The molecule has 0 fully saturated rings. The lowest BCUT2D eigenvalue weighted by Crippen LogP contribution is -2.35. The Morgan fingerprint density at radius 1 is 1.42 bits per heavy atom. The van der Waals surface area contributed by atoms with Crippen molar-refractivity contribution in [2.45, 2.75) is 32.4 Å². The van der Waals surface area contributed by atoms with Crippen molar-refractivity contribution in [3.63, 3.8) is 0 Å². The van der Waals surface area contributed by atoms with Gasteiger partial charge in [-0.05, 0) is 44.5 Å². The van der Waals surface area contributed by atoms with Crippen molar-refractivity contribution in [2.75, 3.05) is 0 Å². The van der Waals surface area contributed by atoms with Crippen LogP contribution >= 0.6 is 11.6 Å². The molecule has 0 spiro atoms. The minimum atomic E-state index is -1.01. The van der Waals surface area contributed by atoms with Gasteiger partial charge in [0.15, 0.2) is 0 Å². The zero-order chi connectivity index (χ0) is 14.6. The summed E-state index contributed by atoms with van der Waals surface area (Å²) in [6, 6.07) is 2.63. The second-order valence-electron chi connectivity index (χ2n) is 4.96. The zero-order valence-electron chi connectivity index (χ0n) is 10.9. The summed E-state index contributed by atoms with van der Waals surface area (Å²) in [5, 5.41) is 2.49. The number of ether oxygens (including phenoxy) is 1. The van der Waals surface area contributed by atoms with Crippen LogP contribution in [-0.4, -0.2) is 18.0 Å². The highest BCUT2D eigenvalue weighted by Gasteiger charge is 2.20. The van der Waals surface area contributed by atoms with E-state index < -0.39 is 23.6 Å². The molecule has 104 valence electrons. The van der Waals surface area contributed by atoms with Crippen LogP contribution in [0.25, 0.3) is 0 Å². The van der Waals surface area contributed by atoms with E-state index in [0.29, 0.717) is 6.29 Å². The summed E-state index contributed by atoms with van der Waals surface area (Å²) in [7, 11) is 0.